The Hall–Kier alpha value is -3.23. The molecule has 1 aliphatic rings. The zero-order valence-corrected chi connectivity index (χ0v) is 17.9. The van der Waals surface area contributed by atoms with Gasteiger partial charge in [-0.15, -0.1) is 5.10 Å². The summed E-state index contributed by atoms with van der Waals surface area (Å²) >= 11 is 0. The zero-order chi connectivity index (χ0) is 21.4. The van der Waals surface area contributed by atoms with Crippen LogP contribution in [0.25, 0.3) is 28.2 Å². The van der Waals surface area contributed by atoms with Crippen molar-refractivity contribution in [2.24, 2.45) is 0 Å². The molecule has 0 N–H and O–H groups in total. The van der Waals surface area contributed by atoms with E-state index in [1.165, 1.54) is 6.26 Å². The minimum atomic E-state index is -3.30. The number of ether oxygens (including phenoxy) is 1. The van der Waals surface area contributed by atoms with Crippen LogP contribution in [0, 0.1) is 0 Å². The van der Waals surface area contributed by atoms with Crippen molar-refractivity contribution in [3.63, 3.8) is 0 Å². The molecule has 0 atom stereocenters. The molecular weight excluding hydrogens is 412 g/mol. The van der Waals surface area contributed by atoms with Crippen LogP contribution in [0.15, 0.2) is 71.8 Å². The number of benzene rings is 2. The first-order valence-electron chi connectivity index (χ1n) is 10.1. The number of hydrogen-bond donors (Lipinski definition) is 0. The topological polar surface area (TPSA) is 76.8 Å². The van der Waals surface area contributed by atoms with E-state index >= 15 is 0 Å². The molecule has 158 valence electrons. The Morgan fingerprint density at radius 2 is 1.71 bits per heavy atom. The normalized spacial score (nSPS) is 14.8. The first kappa shape index (κ1) is 19.7. The number of anilines is 1. The molecule has 2 aromatic carbocycles. The van der Waals surface area contributed by atoms with Gasteiger partial charge in [-0.05, 0) is 42.0 Å². The molecule has 0 unspecified atom stereocenters. The number of fused-ring (bicyclic) bond motifs is 1. The number of hydrogen-bond acceptors (Lipinski definition) is 6. The summed E-state index contributed by atoms with van der Waals surface area (Å²) in [5.41, 5.74) is 4.36. The second-order valence-corrected chi connectivity index (χ2v) is 9.59. The lowest BCUT2D eigenvalue weighted by Crippen LogP contribution is -2.36. The van der Waals surface area contributed by atoms with Crippen molar-refractivity contribution < 1.29 is 13.2 Å². The Balaban J connectivity index is 1.57. The van der Waals surface area contributed by atoms with Crippen LogP contribution in [0.4, 0.5) is 5.69 Å². The zero-order valence-electron chi connectivity index (χ0n) is 17.1. The largest absolute Gasteiger partial charge is 0.378 e. The summed E-state index contributed by atoms with van der Waals surface area (Å²) in [5, 5.41) is 4.67. The highest BCUT2D eigenvalue weighted by Gasteiger charge is 2.16. The molecule has 0 amide bonds. The van der Waals surface area contributed by atoms with E-state index in [0.717, 1.165) is 48.7 Å². The van der Waals surface area contributed by atoms with E-state index in [1.54, 1.807) is 22.7 Å². The monoisotopic (exact) mass is 434 g/mol. The fourth-order valence-corrected chi connectivity index (χ4v) is 4.48. The van der Waals surface area contributed by atoms with E-state index in [-0.39, 0.29) is 4.90 Å². The summed E-state index contributed by atoms with van der Waals surface area (Å²) in [4.78, 5) is 7.38. The molecule has 0 bridgehead atoms. The van der Waals surface area contributed by atoms with Gasteiger partial charge in [0.15, 0.2) is 21.3 Å². The molecule has 7 nitrogen and oxygen atoms in total. The number of rotatable bonds is 4. The van der Waals surface area contributed by atoms with Crippen molar-refractivity contribution in [1.82, 2.24) is 14.6 Å². The Morgan fingerprint density at radius 1 is 0.935 bits per heavy atom. The van der Waals surface area contributed by atoms with E-state index in [0.29, 0.717) is 11.5 Å². The molecule has 0 aliphatic carbocycles. The highest BCUT2D eigenvalue weighted by atomic mass is 32.2. The molecule has 4 aromatic rings. The van der Waals surface area contributed by atoms with E-state index in [9.17, 15) is 8.42 Å². The van der Waals surface area contributed by atoms with Gasteiger partial charge in [-0.25, -0.2) is 17.9 Å². The molecule has 0 radical (unpaired) electrons. The van der Waals surface area contributed by atoms with Gasteiger partial charge in [0, 0.05) is 42.4 Å². The number of pyridine rings is 1. The minimum absolute atomic E-state index is 0.282. The van der Waals surface area contributed by atoms with E-state index < -0.39 is 9.84 Å². The van der Waals surface area contributed by atoms with Crippen molar-refractivity contribution in [3.05, 3.63) is 66.9 Å². The maximum Gasteiger partial charge on any atom is 0.182 e. The van der Waals surface area contributed by atoms with Gasteiger partial charge in [0.1, 0.15) is 0 Å². The molecule has 3 heterocycles. The fraction of sp³-hybridized carbons (Fsp3) is 0.217. The van der Waals surface area contributed by atoms with Crippen molar-refractivity contribution >= 4 is 21.2 Å². The summed E-state index contributed by atoms with van der Waals surface area (Å²) in [6, 6.07) is 18.9. The summed E-state index contributed by atoms with van der Waals surface area (Å²) in [6.45, 7) is 3.19. The highest BCUT2D eigenvalue weighted by molar-refractivity contribution is 7.90. The molecule has 1 aliphatic heterocycles. The van der Waals surface area contributed by atoms with Gasteiger partial charge >= 0.3 is 0 Å². The van der Waals surface area contributed by atoms with Crippen LogP contribution in [0.2, 0.25) is 0 Å². The van der Waals surface area contributed by atoms with Gasteiger partial charge in [-0.1, -0.05) is 24.3 Å². The van der Waals surface area contributed by atoms with Crippen LogP contribution >= 0.6 is 0 Å². The SMILES string of the molecule is CS(=O)(=O)c1cccc(-c2cccn3nc(-c4cccc(N5CCOCC5)c4)nc23)c1. The van der Waals surface area contributed by atoms with Gasteiger partial charge in [-0.2, -0.15) is 0 Å². The van der Waals surface area contributed by atoms with Gasteiger partial charge < -0.3 is 9.64 Å². The van der Waals surface area contributed by atoms with Crippen molar-refractivity contribution in [2.75, 3.05) is 37.5 Å². The molecule has 1 saturated heterocycles. The summed E-state index contributed by atoms with van der Waals surface area (Å²) < 4.78 is 31.2. The second-order valence-electron chi connectivity index (χ2n) is 7.58. The average molecular weight is 435 g/mol. The number of morpholine rings is 1. The molecular formula is C23H22N4O3S. The number of aromatic nitrogens is 3. The van der Waals surface area contributed by atoms with Crippen LogP contribution in [-0.2, 0) is 14.6 Å². The fourth-order valence-electron chi connectivity index (χ4n) is 3.81. The predicted molar refractivity (Wildman–Crippen MR) is 120 cm³/mol. The molecule has 5 rings (SSSR count). The lowest BCUT2D eigenvalue weighted by molar-refractivity contribution is 0.122. The third-order valence-corrected chi connectivity index (χ3v) is 6.53. The Bertz CT molecular complexity index is 1360. The molecule has 0 spiro atoms. The van der Waals surface area contributed by atoms with Crippen molar-refractivity contribution in [1.29, 1.82) is 0 Å². The first-order valence-corrected chi connectivity index (χ1v) is 12.0. The van der Waals surface area contributed by atoms with Crippen molar-refractivity contribution in [2.45, 2.75) is 4.90 Å². The van der Waals surface area contributed by atoms with Gasteiger partial charge in [0.05, 0.1) is 18.1 Å². The van der Waals surface area contributed by atoms with Crippen LogP contribution in [-0.4, -0.2) is 55.6 Å². The van der Waals surface area contributed by atoms with Crippen LogP contribution in [0.3, 0.4) is 0 Å². The van der Waals surface area contributed by atoms with Gasteiger partial charge in [-0.3, -0.25) is 0 Å². The van der Waals surface area contributed by atoms with Gasteiger partial charge in [0.2, 0.25) is 0 Å². The third-order valence-electron chi connectivity index (χ3n) is 5.42. The van der Waals surface area contributed by atoms with E-state index in [1.807, 2.05) is 36.5 Å². The lowest BCUT2D eigenvalue weighted by atomic mass is 10.1. The molecule has 0 saturated carbocycles. The molecule has 1 fully saturated rings. The van der Waals surface area contributed by atoms with Crippen molar-refractivity contribution in [3.8, 4) is 22.5 Å². The van der Waals surface area contributed by atoms with Crippen LogP contribution in [0.5, 0.6) is 0 Å². The quantitative estimate of drug-likeness (QED) is 0.491. The Labute approximate surface area is 180 Å². The third kappa shape index (κ3) is 3.92. The lowest BCUT2D eigenvalue weighted by Gasteiger charge is -2.29. The standard InChI is InChI=1S/C23H22N4O3S/c1-31(28,29)20-8-3-5-17(16-20)21-9-4-10-27-23(21)24-22(25-27)18-6-2-7-19(15-18)26-11-13-30-14-12-26/h2-10,15-16H,11-14H2,1H3. The average Bonchev–Trinajstić information content (AvgIpc) is 3.24. The van der Waals surface area contributed by atoms with Crippen LogP contribution in [0.1, 0.15) is 0 Å². The first-order chi connectivity index (χ1) is 15.0. The molecule has 31 heavy (non-hydrogen) atoms. The summed E-state index contributed by atoms with van der Waals surface area (Å²) in [7, 11) is -3.30. The number of sulfone groups is 1. The smallest absolute Gasteiger partial charge is 0.182 e. The van der Waals surface area contributed by atoms with E-state index in [2.05, 4.69) is 22.1 Å². The Morgan fingerprint density at radius 3 is 2.52 bits per heavy atom. The minimum Gasteiger partial charge on any atom is -0.378 e. The summed E-state index contributed by atoms with van der Waals surface area (Å²) in [5.74, 6) is 0.627. The van der Waals surface area contributed by atoms with Crippen LogP contribution < -0.4 is 4.90 Å². The Kier molecular flexibility index (Phi) is 4.95. The second kappa shape index (κ2) is 7.79. The maximum absolute atomic E-state index is 12.0. The molecule has 2 aromatic heterocycles. The predicted octanol–water partition coefficient (Wildman–Crippen LogP) is 3.30. The molecule has 8 heteroatoms. The van der Waals surface area contributed by atoms with Gasteiger partial charge in [0.25, 0.3) is 0 Å². The summed E-state index contributed by atoms with van der Waals surface area (Å²) in [6.07, 6.45) is 3.06. The maximum atomic E-state index is 12.0. The number of nitrogens with zero attached hydrogens (tertiary/aromatic N) is 4. The van der Waals surface area contributed by atoms with E-state index in [4.69, 9.17) is 9.72 Å². The highest BCUT2D eigenvalue weighted by Crippen LogP contribution is 2.29.